The Bertz CT molecular complexity index is 480. The minimum Gasteiger partial charge on any atom is -0.383 e. The highest BCUT2D eigenvalue weighted by atomic mass is 32.2. The Morgan fingerprint density at radius 2 is 1.79 bits per heavy atom. The van der Waals surface area contributed by atoms with Gasteiger partial charge in [-0.1, -0.05) is 26.0 Å². The summed E-state index contributed by atoms with van der Waals surface area (Å²) in [5, 5.41) is 3.42. The fraction of sp³-hybridized carbons (Fsp3) is 0.571. The lowest BCUT2D eigenvalue weighted by molar-refractivity contribution is 0.146. The second-order valence-electron chi connectivity index (χ2n) is 5.10. The number of rotatable bonds is 7. The van der Waals surface area contributed by atoms with Gasteiger partial charge in [-0.2, -0.15) is 0 Å². The third-order valence-electron chi connectivity index (χ3n) is 3.07. The minimum atomic E-state index is -3.11. The first-order valence-electron chi connectivity index (χ1n) is 6.36. The summed E-state index contributed by atoms with van der Waals surface area (Å²) in [5.74, 6) is 0.482. The van der Waals surface area contributed by atoms with E-state index in [0.29, 0.717) is 30.0 Å². The lowest BCUT2D eigenvalue weighted by atomic mass is 10.1. The topological polar surface area (TPSA) is 55.4 Å². The molecule has 0 aliphatic rings. The van der Waals surface area contributed by atoms with Crippen molar-refractivity contribution in [3.63, 3.8) is 0 Å². The number of hydrogen-bond donors (Lipinski definition) is 1. The van der Waals surface area contributed by atoms with E-state index in [-0.39, 0.29) is 0 Å². The van der Waals surface area contributed by atoms with Gasteiger partial charge in [0, 0.05) is 26.0 Å². The Labute approximate surface area is 116 Å². The largest absolute Gasteiger partial charge is 0.383 e. The van der Waals surface area contributed by atoms with Crippen LogP contribution < -0.4 is 5.32 Å². The maximum absolute atomic E-state index is 11.4. The molecule has 0 saturated carbocycles. The SMILES string of the molecule is COCC(NCc1ccc(S(C)(=O)=O)cc1)C(C)C. The summed E-state index contributed by atoms with van der Waals surface area (Å²) in [4.78, 5) is 0.355. The molecular weight excluding hydrogens is 262 g/mol. The maximum atomic E-state index is 11.4. The predicted molar refractivity (Wildman–Crippen MR) is 76.9 cm³/mol. The van der Waals surface area contributed by atoms with Crippen LogP contribution in [0, 0.1) is 5.92 Å². The summed E-state index contributed by atoms with van der Waals surface area (Å²) in [7, 11) is -1.42. The van der Waals surface area contributed by atoms with Crippen LogP contribution in [0.2, 0.25) is 0 Å². The van der Waals surface area contributed by atoms with Gasteiger partial charge >= 0.3 is 0 Å². The van der Waals surface area contributed by atoms with Gasteiger partial charge in [-0.25, -0.2) is 8.42 Å². The Hall–Kier alpha value is -0.910. The number of hydrogen-bond acceptors (Lipinski definition) is 4. The second kappa shape index (κ2) is 7.03. The Morgan fingerprint density at radius 1 is 1.21 bits per heavy atom. The molecule has 0 amide bonds. The van der Waals surface area contributed by atoms with Gasteiger partial charge in [-0.3, -0.25) is 0 Å². The Kier molecular flexibility index (Phi) is 5.97. The van der Waals surface area contributed by atoms with Gasteiger partial charge in [0.2, 0.25) is 0 Å². The van der Waals surface area contributed by atoms with Crippen molar-refractivity contribution in [1.29, 1.82) is 0 Å². The van der Waals surface area contributed by atoms with E-state index in [0.717, 1.165) is 5.56 Å². The first-order chi connectivity index (χ1) is 8.84. The van der Waals surface area contributed by atoms with Crippen molar-refractivity contribution in [3.05, 3.63) is 29.8 Å². The highest BCUT2D eigenvalue weighted by molar-refractivity contribution is 7.90. The van der Waals surface area contributed by atoms with Crippen LogP contribution in [0.25, 0.3) is 0 Å². The van der Waals surface area contributed by atoms with Crippen molar-refractivity contribution in [1.82, 2.24) is 5.32 Å². The van der Waals surface area contributed by atoms with Crippen molar-refractivity contribution >= 4 is 9.84 Å². The summed E-state index contributed by atoms with van der Waals surface area (Å²) in [6.45, 7) is 5.65. The third kappa shape index (κ3) is 5.30. The van der Waals surface area contributed by atoms with Crippen LogP contribution in [0.5, 0.6) is 0 Å². The van der Waals surface area contributed by atoms with Crippen LogP contribution in [0.1, 0.15) is 19.4 Å². The van der Waals surface area contributed by atoms with Gasteiger partial charge in [0.15, 0.2) is 9.84 Å². The van der Waals surface area contributed by atoms with E-state index >= 15 is 0 Å². The maximum Gasteiger partial charge on any atom is 0.175 e. The zero-order valence-electron chi connectivity index (χ0n) is 12.0. The molecular formula is C14H23NO3S. The van der Waals surface area contributed by atoms with E-state index in [1.807, 2.05) is 12.1 Å². The molecule has 1 aromatic carbocycles. The zero-order chi connectivity index (χ0) is 14.5. The van der Waals surface area contributed by atoms with Crippen LogP contribution in [0.4, 0.5) is 0 Å². The number of methoxy groups -OCH3 is 1. The molecule has 0 saturated heterocycles. The molecule has 5 heteroatoms. The van der Waals surface area contributed by atoms with Crippen molar-refractivity contribution in [2.24, 2.45) is 5.92 Å². The zero-order valence-corrected chi connectivity index (χ0v) is 12.8. The Balaban J connectivity index is 2.63. The van der Waals surface area contributed by atoms with Crippen molar-refractivity contribution in [3.8, 4) is 0 Å². The first kappa shape index (κ1) is 16.1. The van der Waals surface area contributed by atoms with Crippen molar-refractivity contribution in [2.75, 3.05) is 20.0 Å². The molecule has 0 aliphatic carbocycles. The third-order valence-corrected chi connectivity index (χ3v) is 4.20. The molecule has 0 aliphatic heterocycles. The first-order valence-corrected chi connectivity index (χ1v) is 8.25. The summed E-state index contributed by atoms with van der Waals surface area (Å²) < 4.78 is 27.9. The molecule has 108 valence electrons. The molecule has 0 spiro atoms. The Morgan fingerprint density at radius 3 is 2.21 bits per heavy atom. The van der Waals surface area contributed by atoms with E-state index < -0.39 is 9.84 Å². The van der Waals surface area contributed by atoms with Gasteiger partial charge in [-0.05, 0) is 23.6 Å². The molecule has 19 heavy (non-hydrogen) atoms. The number of ether oxygens (including phenoxy) is 1. The fourth-order valence-corrected chi connectivity index (χ4v) is 2.40. The smallest absolute Gasteiger partial charge is 0.175 e. The van der Waals surface area contributed by atoms with Crippen LogP contribution in [0.15, 0.2) is 29.2 Å². The van der Waals surface area contributed by atoms with Gasteiger partial charge in [0.05, 0.1) is 11.5 Å². The fourth-order valence-electron chi connectivity index (χ4n) is 1.77. The average Bonchev–Trinajstić information content (AvgIpc) is 2.33. The second-order valence-corrected chi connectivity index (χ2v) is 7.12. The summed E-state index contributed by atoms with van der Waals surface area (Å²) >= 11 is 0. The molecule has 1 rings (SSSR count). The van der Waals surface area contributed by atoms with Crippen LogP contribution in [-0.2, 0) is 21.1 Å². The minimum absolute atomic E-state index is 0.291. The molecule has 0 heterocycles. The van der Waals surface area contributed by atoms with Crippen LogP contribution in [0.3, 0.4) is 0 Å². The van der Waals surface area contributed by atoms with Gasteiger partial charge < -0.3 is 10.1 Å². The van der Waals surface area contributed by atoms with E-state index in [1.165, 1.54) is 6.26 Å². The monoisotopic (exact) mass is 285 g/mol. The number of sulfone groups is 1. The molecule has 4 nitrogen and oxygen atoms in total. The molecule has 1 atom stereocenters. The highest BCUT2D eigenvalue weighted by Gasteiger charge is 2.12. The standard InChI is InChI=1S/C14H23NO3S/c1-11(2)14(10-18-3)15-9-12-5-7-13(8-6-12)19(4,16)17/h5-8,11,14-15H,9-10H2,1-4H3. The summed E-state index contributed by atoms with van der Waals surface area (Å²) in [6.07, 6.45) is 1.22. The van der Waals surface area contributed by atoms with E-state index in [4.69, 9.17) is 4.74 Å². The summed E-state index contributed by atoms with van der Waals surface area (Å²) in [6, 6.07) is 7.26. The molecule has 0 fully saturated rings. The van der Waals surface area contributed by atoms with Gasteiger partial charge in [0.1, 0.15) is 0 Å². The van der Waals surface area contributed by atoms with Gasteiger partial charge in [0.25, 0.3) is 0 Å². The number of benzene rings is 1. The lowest BCUT2D eigenvalue weighted by Crippen LogP contribution is -2.37. The quantitative estimate of drug-likeness (QED) is 0.830. The van der Waals surface area contributed by atoms with E-state index in [2.05, 4.69) is 19.2 Å². The van der Waals surface area contributed by atoms with Crippen LogP contribution in [-0.4, -0.2) is 34.4 Å². The lowest BCUT2D eigenvalue weighted by Gasteiger charge is -2.21. The predicted octanol–water partition coefficient (Wildman–Crippen LogP) is 1.85. The molecule has 0 bridgehead atoms. The van der Waals surface area contributed by atoms with Crippen LogP contribution >= 0.6 is 0 Å². The molecule has 1 unspecified atom stereocenters. The van der Waals surface area contributed by atoms with Gasteiger partial charge in [-0.15, -0.1) is 0 Å². The molecule has 1 N–H and O–H groups in total. The molecule has 1 aromatic rings. The molecule has 0 aromatic heterocycles. The number of nitrogens with one attached hydrogen (secondary N) is 1. The summed E-state index contributed by atoms with van der Waals surface area (Å²) in [5.41, 5.74) is 1.06. The van der Waals surface area contributed by atoms with E-state index in [9.17, 15) is 8.42 Å². The normalized spacial score (nSPS) is 13.7. The van der Waals surface area contributed by atoms with Crippen molar-refractivity contribution in [2.45, 2.75) is 31.3 Å². The van der Waals surface area contributed by atoms with Crippen molar-refractivity contribution < 1.29 is 13.2 Å². The van der Waals surface area contributed by atoms with E-state index in [1.54, 1.807) is 19.2 Å². The average molecular weight is 285 g/mol. The highest BCUT2D eigenvalue weighted by Crippen LogP contribution is 2.11. The molecule has 0 radical (unpaired) electrons.